The Morgan fingerprint density at radius 3 is 2.69 bits per heavy atom. The van der Waals surface area contributed by atoms with Gasteiger partial charge >= 0.3 is 0 Å². The smallest absolute Gasteiger partial charge is 0.0445 e. The van der Waals surface area contributed by atoms with E-state index in [1.807, 2.05) is 0 Å². The molecule has 13 heavy (non-hydrogen) atoms. The second-order valence-electron chi connectivity index (χ2n) is 4.60. The van der Waals surface area contributed by atoms with E-state index in [1.165, 1.54) is 45.2 Å². The molecular formula is C11H21NO. The van der Waals surface area contributed by atoms with Gasteiger partial charge in [0.25, 0.3) is 0 Å². The molecule has 0 spiro atoms. The van der Waals surface area contributed by atoms with Gasteiger partial charge in [0.05, 0.1) is 0 Å². The zero-order valence-electron chi connectivity index (χ0n) is 8.41. The van der Waals surface area contributed by atoms with Crippen molar-refractivity contribution in [2.75, 3.05) is 19.7 Å². The van der Waals surface area contributed by atoms with Gasteiger partial charge in [-0.3, -0.25) is 0 Å². The predicted octanol–water partition coefficient (Wildman–Crippen LogP) is 1.63. The number of aliphatic hydroxyl groups is 1. The Labute approximate surface area is 80.9 Å². The highest BCUT2D eigenvalue weighted by molar-refractivity contribution is 4.83. The number of nitrogens with zero attached hydrogens (tertiary/aromatic N) is 1. The van der Waals surface area contributed by atoms with Crippen LogP contribution in [0.2, 0.25) is 0 Å². The van der Waals surface area contributed by atoms with Gasteiger partial charge in [0.15, 0.2) is 0 Å². The molecule has 1 aliphatic carbocycles. The van der Waals surface area contributed by atoms with Crippen LogP contribution in [0.5, 0.6) is 0 Å². The van der Waals surface area contributed by atoms with Crippen molar-refractivity contribution in [3.8, 4) is 0 Å². The molecule has 2 fully saturated rings. The van der Waals surface area contributed by atoms with Crippen LogP contribution in [-0.2, 0) is 0 Å². The van der Waals surface area contributed by atoms with Gasteiger partial charge in [-0.2, -0.15) is 0 Å². The second-order valence-corrected chi connectivity index (χ2v) is 4.60. The van der Waals surface area contributed by atoms with E-state index in [-0.39, 0.29) is 0 Å². The molecule has 0 aromatic rings. The molecule has 2 heteroatoms. The Morgan fingerprint density at radius 1 is 1.15 bits per heavy atom. The summed E-state index contributed by atoms with van der Waals surface area (Å²) in [6.07, 6.45) is 7.94. The maximum atomic E-state index is 8.96. The third kappa shape index (κ3) is 2.68. The van der Waals surface area contributed by atoms with Gasteiger partial charge in [-0.1, -0.05) is 6.42 Å². The minimum atomic E-state index is 0.367. The molecule has 1 N–H and O–H groups in total. The van der Waals surface area contributed by atoms with Crippen LogP contribution in [0.15, 0.2) is 0 Å². The third-order valence-corrected chi connectivity index (χ3v) is 3.40. The summed E-state index contributed by atoms with van der Waals surface area (Å²) in [5.74, 6) is 0.999. The topological polar surface area (TPSA) is 23.5 Å². The molecule has 1 unspecified atom stereocenters. The van der Waals surface area contributed by atoms with Crippen molar-refractivity contribution in [2.45, 2.75) is 44.6 Å². The van der Waals surface area contributed by atoms with Crippen molar-refractivity contribution in [3.05, 3.63) is 0 Å². The summed E-state index contributed by atoms with van der Waals surface area (Å²) in [5.41, 5.74) is 0. The van der Waals surface area contributed by atoms with Gasteiger partial charge in [-0.15, -0.1) is 0 Å². The first kappa shape index (κ1) is 9.47. The minimum Gasteiger partial charge on any atom is -0.396 e. The predicted molar refractivity (Wildman–Crippen MR) is 53.6 cm³/mol. The highest BCUT2D eigenvalue weighted by Gasteiger charge is 2.29. The number of hydrogen-bond donors (Lipinski definition) is 1. The van der Waals surface area contributed by atoms with Crippen LogP contribution < -0.4 is 0 Å². The fraction of sp³-hybridized carbons (Fsp3) is 1.00. The molecule has 0 radical (unpaired) electrons. The lowest BCUT2D eigenvalue weighted by Gasteiger charge is -2.35. The van der Waals surface area contributed by atoms with Gasteiger partial charge in [0.2, 0.25) is 0 Å². The average molecular weight is 183 g/mol. The van der Waals surface area contributed by atoms with Crippen molar-refractivity contribution in [3.63, 3.8) is 0 Å². The van der Waals surface area contributed by atoms with E-state index in [2.05, 4.69) is 4.90 Å². The normalized spacial score (nSPS) is 30.7. The summed E-state index contributed by atoms with van der Waals surface area (Å²) < 4.78 is 0. The molecule has 76 valence electrons. The second kappa shape index (κ2) is 4.43. The lowest BCUT2D eigenvalue weighted by Crippen LogP contribution is -2.41. The lowest BCUT2D eigenvalue weighted by molar-refractivity contribution is 0.114. The number of likely N-dealkylation sites (tertiary alicyclic amines) is 1. The van der Waals surface area contributed by atoms with Gasteiger partial charge in [-0.25, -0.2) is 0 Å². The summed E-state index contributed by atoms with van der Waals surface area (Å²) in [5, 5.41) is 8.96. The van der Waals surface area contributed by atoms with E-state index in [0.717, 1.165) is 12.3 Å². The third-order valence-electron chi connectivity index (χ3n) is 3.40. The molecule has 0 amide bonds. The first-order valence-corrected chi connectivity index (χ1v) is 5.75. The molecule has 0 aromatic heterocycles. The number of rotatable bonds is 4. The Hall–Kier alpha value is -0.0800. The summed E-state index contributed by atoms with van der Waals surface area (Å²) in [4.78, 5) is 2.62. The standard InChI is InChI=1S/C11H21NO/c13-8-6-11-3-1-2-7-12(11)9-10-4-5-10/h10-11,13H,1-9H2. The van der Waals surface area contributed by atoms with Crippen molar-refractivity contribution >= 4 is 0 Å². The van der Waals surface area contributed by atoms with E-state index in [4.69, 9.17) is 5.11 Å². The van der Waals surface area contributed by atoms with E-state index >= 15 is 0 Å². The van der Waals surface area contributed by atoms with Crippen LogP contribution in [0.1, 0.15) is 38.5 Å². The molecule has 1 heterocycles. The van der Waals surface area contributed by atoms with Crippen molar-refractivity contribution in [2.24, 2.45) is 5.92 Å². The fourth-order valence-electron chi connectivity index (χ4n) is 2.41. The summed E-state index contributed by atoms with van der Waals surface area (Å²) in [7, 11) is 0. The molecule has 1 saturated heterocycles. The molecule has 1 aliphatic heterocycles. The summed E-state index contributed by atoms with van der Waals surface area (Å²) in [6.45, 7) is 2.96. The van der Waals surface area contributed by atoms with E-state index in [1.54, 1.807) is 0 Å². The van der Waals surface area contributed by atoms with Crippen LogP contribution in [-0.4, -0.2) is 35.7 Å². The highest BCUT2D eigenvalue weighted by Crippen LogP contribution is 2.32. The maximum Gasteiger partial charge on any atom is 0.0445 e. The molecule has 2 nitrogen and oxygen atoms in total. The molecule has 1 atom stereocenters. The Balaban J connectivity index is 1.79. The summed E-state index contributed by atoms with van der Waals surface area (Å²) in [6, 6.07) is 0.694. The first-order chi connectivity index (χ1) is 6.40. The zero-order chi connectivity index (χ0) is 9.10. The lowest BCUT2D eigenvalue weighted by atomic mass is 9.99. The van der Waals surface area contributed by atoms with E-state index in [9.17, 15) is 0 Å². The van der Waals surface area contributed by atoms with Crippen LogP contribution in [0.25, 0.3) is 0 Å². The van der Waals surface area contributed by atoms with Crippen molar-refractivity contribution in [1.29, 1.82) is 0 Å². The van der Waals surface area contributed by atoms with Crippen LogP contribution in [0, 0.1) is 5.92 Å². The number of hydrogen-bond acceptors (Lipinski definition) is 2. The average Bonchev–Trinajstić information content (AvgIpc) is 2.93. The first-order valence-electron chi connectivity index (χ1n) is 5.75. The Bertz CT molecular complexity index is 154. The molecular weight excluding hydrogens is 162 g/mol. The Kier molecular flexibility index (Phi) is 3.23. The van der Waals surface area contributed by atoms with Crippen LogP contribution in [0.3, 0.4) is 0 Å². The fourth-order valence-corrected chi connectivity index (χ4v) is 2.41. The number of aliphatic hydroxyl groups excluding tert-OH is 1. The molecule has 0 aromatic carbocycles. The van der Waals surface area contributed by atoms with Crippen LogP contribution in [0.4, 0.5) is 0 Å². The zero-order valence-corrected chi connectivity index (χ0v) is 8.41. The molecule has 2 rings (SSSR count). The van der Waals surface area contributed by atoms with Gasteiger partial charge in [-0.05, 0) is 44.6 Å². The highest BCUT2D eigenvalue weighted by atomic mass is 16.3. The van der Waals surface area contributed by atoms with Gasteiger partial charge < -0.3 is 10.0 Å². The largest absolute Gasteiger partial charge is 0.396 e. The molecule has 1 saturated carbocycles. The van der Waals surface area contributed by atoms with Gasteiger partial charge in [0, 0.05) is 19.2 Å². The van der Waals surface area contributed by atoms with E-state index < -0.39 is 0 Å². The van der Waals surface area contributed by atoms with Gasteiger partial charge in [0.1, 0.15) is 0 Å². The number of piperidine rings is 1. The maximum absolute atomic E-state index is 8.96. The van der Waals surface area contributed by atoms with E-state index in [0.29, 0.717) is 12.6 Å². The monoisotopic (exact) mass is 183 g/mol. The SMILES string of the molecule is OCCC1CCCCN1CC1CC1. The summed E-state index contributed by atoms with van der Waals surface area (Å²) >= 11 is 0. The molecule has 2 aliphatic rings. The quantitative estimate of drug-likeness (QED) is 0.716. The van der Waals surface area contributed by atoms with Crippen molar-refractivity contribution in [1.82, 2.24) is 4.90 Å². The van der Waals surface area contributed by atoms with Crippen LogP contribution >= 0.6 is 0 Å². The Morgan fingerprint density at radius 2 is 2.00 bits per heavy atom. The van der Waals surface area contributed by atoms with Crippen molar-refractivity contribution < 1.29 is 5.11 Å². The minimum absolute atomic E-state index is 0.367. The molecule has 0 bridgehead atoms.